The van der Waals surface area contributed by atoms with Crippen LogP contribution in [-0.4, -0.2) is 11.0 Å². The lowest BCUT2D eigenvalue weighted by atomic mass is 10.1. The fourth-order valence-electron chi connectivity index (χ4n) is 0.997. The number of aromatic nitrogens is 1. The average molecular weight is 162 g/mol. The molecular weight excluding hydrogens is 148 g/mol. The van der Waals surface area contributed by atoms with Crippen molar-refractivity contribution in [1.82, 2.24) is 4.98 Å². The van der Waals surface area contributed by atoms with E-state index in [1.807, 2.05) is 12.3 Å². The third-order valence-electron chi connectivity index (χ3n) is 1.79. The van der Waals surface area contributed by atoms with Crippen LogP contribution in [0.15, 0.2) is 37.2 Å². The fourth-order valence-corrected chi connectivity index (χ4v) is 0.997. The first-order chi connectivity index (χ1) is 5.83. The standard InChI is InChI=1S/C10H14N2/c1-2-10(11)6-5-9-4-3-7-12-8-9/h2-4,7-8,10H,1,5-6,11H2. The van der Waals surface area contributed by atoms with Crippen LogP contribution >= 0.6 is 0 Å². The number of aryl methyl sites for hydroxylation is 1. The summed E-state index contributed by atoms with van der Waals surface area (Å²) in [5.41, 5.74) is 6.91. The van der Waals surface area contributed by atoms with Gasteiger partial charge in [0, 0.05) is 18.4 Å². The second kappa shape index (κ2) is 4.67. The smallest absolute Gasteiger partial charge is 0.0299 e. The Morgan fingerprint density at radius 2 is 2.50 bits per heavy atom. The van der Waals surface area contributed by atoms with E-state index < -0.39 is 0 Å². The number of nitrogens with zero attached hydrogens (tertiary/aromatic N) is 1. The zero-order valence-electron chi connectivity index (χ0n) is 7.11. The van der Waals surface area contributed by atoms with Gasteiger partial charge in [0.2, 0.25) is 0 Å². The maximum atomic E-state index is 5.68. The number of hydrogen-bond acceptors (Lipinski definition) is 2. The Morgan fingerprint density at radius 3 is 3.08 bits per heavy atom. The molecule has 2 heteroatoms. The highest BCUT2D eigenvalue weighted by Gasteiger charge is 1.97. The molecule has 0 bridgehead atoms. The van der Waals surface area contributed by atoms with Gasteiger partial charge in [-0.15, -0.1) is 6.58 Å². The van der Waals surface area contributed by atoms with Gasteiger partial charge in [-0.05, 0) is 24.5 Å². The highest BCUT2D eigenvalue weighted by Crippen LogP contribution is 2.02. The molecule has 2 N–H and O–H groups in total. The molecular formula is C10H14N2. The predicted octanol–water partition coefficient (Wildman–Crippen LogP) is 1.53. The molecule has 1 unspecified atom stereocenters. The molecule has 1 rings (SSSR count). The minimum Gasteiger partial charge on any atom is -0.324 e. The van der Waals surface area contributed by atoms with Gasteiger partial charge in [-0.1, -0.05) is 12.1 Å². The van der Waals surface area contributed by atoms with Gasteiger partial charge < -0.3 is 5.73 Å². The lowest BCUT2D eigenvalue weighted by Gasteiger charge is -2.04. The quantitative estimate of drug-likeness (QED) is 0.682. The lowest BCUT2D eigenvalue weighted by molar-refractivity contribution is 0.720. The number of hydrogen-bond donors (Lipinski definition) is 1. The van der Waals surface area contributed by atoms with E-state index in [0.717, 1.165) is 12.8 Å². The molecule has 0 aromatic carbocycles. The Balaban J connectivity index is 2.38. The topological polar surface area (TPSA) is 38.9 Å². The summed E-state index contributed by atoms with van der Waals surface area (Å²) >= 11 is 0. The lowest BCUT2D eigenvalue weighted by Crippen LogP contribution is -2.16. The van der Waals surface area contributed by atoms with Crippen LogP contribution in [0, 0.1) is 0 Å². The zero-order chi connectivity index (χ0) is 8.81. The minimum atomic E-state index is 0.102. The van der Waals surface area contributed by atoms with Gasteiger partial charge in [0.05, 0.1) is 0 Å². The maximum absolute atomic E-state index is 5.68. The molecule has 0 aliphatic rings. The van der Waals surface area contributed by atoms with Crippen LogP contribution in [0.2, 0.25) is 0 Å². The van der Waals surface area contributed by atoms with E-state index in [-0.39, 0.29) is 6.04 Å². The molecule has 1 atom stereocenters. The van der Waals surface area contributed by atoms with Crippen molar-refractivity contribution >= 4 is 0 Å². The van der Waals surface area contributed by atoms with Crippen molar-refractivity contribution in [3.05, 3.63) is 42.7 Å². The van der Waals surface area contributed by atoms with Crippen molar-refractivity contribution in [3.63, 3.8) is 0 Å². The van der Waals surface area contributed by atoms with Gasteiger partial charge >= 0.3 is 0 Å². The van der Waals surface area contributed by atoms with E-state index >= 15 is 0 Å². The number of pyridine rings is 1. The normalized spacial score (nSPS) is 12.4. The fraction of sp³-hybridized carbons (Fsp3) is 0.300. The summed E-state index contributed by atoms with van der Waals surface area (Å²) in [7, 11) is 0. The van der Waals surface area contributed by atoms with Gasteiger partial charge in [0.15, 0.2) is 0 Å². The van der Waals surface area contributed by atoms with Crippen molar-refractivity contribution in [3.8, 4) is 0 Å². The van der Waals surface area contributed by atoms with Crippen molar-refractivity contribution in [2.45, 2.75) is 18.9 Å². The average Bonchev–Trinajstić information content (AvgIpc) is 2.16. The molecule has 1 aromatic rings. The predicted molar refractivity (Wildman–Crippen MR) is 50.7 cm³/mol. The maximum Gasteiger partial charge on any atom is 0.0299 e. The van der Waals surface area contributed by atoms with Crippen LogP contribution in [0.1, 0.15) is 12.0 Å². The van der Waals surface area contributed by atoms with Gasteiger partial charge in [-0.25, -0.2) is 0 Å². The van der Waals surface area contributed by atoms with E-state index in [0.29, 0.717) is 0 Å². The van der Waals surface area contributed by atoms with Gasteiger partial charge in [-0.2, -0.15) is 0 Å². The van der Waals surface area contributed by atoms with E-state index in [4.69, 9.17) is 5.73 Å². The molecule has 0 radical (unpaired) electrons. The second-order valence-corrected chi connectivity index (χ2v) is 2.80. The van der Waals surface area contributed by atoms with E-state index in [1.54, 1.807) is 12.3 Å². The van der Waals surface area contributed by atoms with Crippen LogP contribution in [0.3, 0.4) is 0 Å². The van der Waals surface area contributed by atoms with Crippen LogP contribution in [0.4, 0.5) is 0 Å². The third-order valence-corrected chi connectivity index (χ3v) is 1.79. The molecule has 1 heterocycles. The third kappa shape index (κ3) is 2.84. The molecule has 0 aliphatic carbocycles. The zero-order valence-corrected chi connectivity index (χ0v) is 7.11. The Morgan fingerprint density at radius 1 is 1.67 bits per heavy atom. The molecule has 0 aliphatic heterocycles. The molecule has 0 spiro atoms. The molecule has 12 heavy (non-hydrogen) atoms. The Labute approximate surface area is 73.1 Å². The van der Waals surface area contributed by atoms with Gasteiger partial charge in [0.1, 0.15) is 0 Å². The van der Waals surface area contributed by atoms with Crippen molar-refractivity contribution in [2.24, 2.45) is 5.73 Å². The molecule has 0 saturated heterocycles. The Hall–Kier alpha value is -1.15. The SMILES string of the molecule is C=CC(N)CCc1cccnc1. The summed E-state index contributed by atoms with van der Waals surface area (Å²) in [5.74, 6) is 0. The van der Waals surface area contributed by atoms with Crippen LogP contribution in [-0.2, 0) is 6.42 Å². The van der Waals surface area contributed by atoms with Gasteiger partial charge in [-0.3, -0.25) is 4.98 Å². The van der Waals surface area contributed by atoms with Gasteiger partial charge in [0.25, 0.3) is 0 Å². The van der Waals surface area contributed by atoms with E-state index in [1.165, 1.54) is 5.56 Å². The first-order valence-electron chi connectivity index (χ1n) is 4.10. The van der Waals surface area contributed by atoms with E-state index in [9.17, 15) is 0 Å². The highest BCUT2D eigenvalue weighted by atomic mass is 14.6. The summed E-state index contributed by atoms with van der Waals surface area (Å²) < 4.78 is 0. The summed E-state index contributed by atoms with van der Waals surface area (Å²) in [5, 5.41) is 0. The van der Waals surface area contributed by atoms with Crippen molar-refractivity contribution < 1.29 is 0 Å². The monoisotopic (exact) mass is 162 g/mol. The molecule has 2 nitrogen and oxygen atoms in total. The molecule has 64 valence electrons. The Bertz CT molecular complexity index is 231. The largest absolute Gasteiger partial charge is 0.324 e. The first kappa shape index (κ1) is 8.94. The Kier molecular flexibility index (Phi) is 3.48. The van der Waals surface area contributed by atoms with E-state index in [2.05, 4.69) is 17.6 Å². The van der Waals surface area contributed by atoms with Crippen LogP contribution < -0.4 is 5.73 Å². The van der Waals surface area contributed by atoms with Crippen molar-refractivity contribution in [1.29, 1.82) is 0 Å². The molecule has 0 amide bonds. The summed E-state index contributed by atoms with van der Waals surface area (Å²) in [6.45, 7) is 3.63. The van der Waals surface area contributed by atoms with Crippen LogP contribution in [0.25, 0.3) is 0 Å². The summed E-state index contributed by atoms with van der Waals surface area (Å²) in [4.78, 5) is 4.02. The number of nitrogens with two attached hydrogens (primary N) is 1. The molecule has 0 saturated carbocycles. The number of rotatable bonds is 4. The second-order valence-electron chi connectivity index (χ2n) is 2.80. The van der Waals surface area contributed by atoms with Crippen molar-refractivity contribution in [2.75, 3.05) is 0 Å². The molecule has 0 fully saturated rings. The highest BCUT2D eigenvalue weighted by molar-refractivity contribution is 5.09. The molecule has 1 aromatic heterocycles. The van der Waals surface area contributed by atoms with Crippen LogP contribution in [0.5, 0.6) is 0 Å². The summed E-state index contributed by atoms with van der Waals surface area (Å²) in [6, 6.07) is 4.10. The first-order valence-corrected chi connectivity index (χ1v) is 4.10. The summed E-state index contributed by atoms with van der Waals surface area (Å²) in [6.07, 6.45) is 7.33. The minimum absolute atomic E-state index is 0.102.